The monoisotopic (exact) mass is 755 g/mol. The van der Waals surface area contributed by atoms with Gasteiger partial charge in [-0.25, -0.2) is 13.8 Å². The van der Waals surface area contributed by atoms with E-state index in [1.165, 1.54) is 0 Å². The summed E-state index contributed by atoms with van der Waals surface area (Å²) in [5.41, 5.74) is 10.4. The van der Waals surface area contributed by atoms with E-state index in [4.69, 9.17) is 9.97 Å². The normalized spacial score (nSPS) is 12.1. The van der Waals surface area contributed by atoms with Gasteiger partial charge in [0.05, 0.1) is 28.0 Å². The van der Waals surface area contributed by atoms with E-state index in [1.807, 2.05) is 71.4 Å². The fourth-order valence-corrected chi connectivity index (χ4v) is 7.89. The highest BCUT2D eigenvalue weighted by atomic mass is 19.3. The summed E-state index contributed by atoms with van der Waals surface area (Å²) in [6.07, 6.45) is -0.924. The number of aromatic nitrogens is 3. The van der Waals surface area contributed by atoms with Crippen molar-refractivity contribution in [2.45, 2.75) is 72.1 Å². The first kappa shape index (κ1) is 37.8. The molecule has 57 heavy (non-hydrogen) atoms. The minimum absolute atomic E-state index is 0.0652. The zero-order valence-corrected chi connectivity index (χ0v) is 33.5. The number of fused-ring (bicyclic) bond motifs is 2. The maximum Gasteiger partial charge on any atom is 0.263 e. The topological polar surface area (TPSA) is 50.9 Å². The first-order chi connectivity index (χ1) is 27.3. The maximum atomic E-state index is 15.2. The van der Waals surface area contributed by atoms with Crippen LogP contribution in [0.1, 0.15) is 89.0 Å². The van der Waals surface area contributed by atoms with Gasteiger partial charge < -0.3 is 5.11 Å². The van der Waals surface area contributed by atoms with Crippen LogP contribution in [0.4, 0.5) is 8.78 Å². The van der Waals surface area contributed by atoms with Crippen molar-refractivity contribution in [3.63, 3.8) is 0 Å². The average Bonchev–Trinajstić information content (AvgIpc) is 3.58. The summed E-state index contributed by atoms with van der Waals surface area (Å²) >= 11 is 0. The lowest BCUT2D eigenvalue weighted by atomic mass is 9.83. The van der Waals surface area contributed by atoms with E-state index in [-0.39, 0.29) is 28.6 Å². The van der Waals surface area contributed by atoms with E-state index in [9.17, 15) is 5.11 Å². The number of alkyl halides is 2. The number of halogens is 2. The average molecular weight is 756 g/mol. The van der Waals surface area contributed by atoms with Gasteiger partial charge in [-0.2, -0.15) is 0 Å². The second kappa shape index (κ2) is 14.7. The van der Waals surface area contributed by atoms with Crippen LogP contribution in [-0.4, -0.2) is 19.6 Å². The van der Waals surface area contributed by atoms with Crippen LogP contribution in [0.15, 0.2) is 134 Å². The maximum absolute atomic E-state index is 15.2. The third kappa shape index (κ3) is 7.10. The lowest BCUT2D eigenvalue weighted by molar-refractivity contribution is 0.151. The fourth-order valence-electron chi connectivity index (χ4n) is 7.89. The van der Waals surface area contributed by atoms with Crippen LogP contribution in [0.5, 0.6) is 5.75 Å². The predicted molar refractivity (Wildman–Crippen MR) is 232 cm³/mol. The molecule has 2 heterocycles. The second-order valence-electron chi connectivity index (χ2n) is 16.7. The Morgan fingerprint density at radius 2 is 1.26 bits per heavy atom. The van der Waals surface area contributed by atoms with Crippen molar-refractivity contribution in [3.05, 3.63) is 156 Å². The predicted octanol–water partition coefficient (Wildman–Crippen LogP) is 14.4. The molecule has 0 saturated heterocycles. The number of aromatic hydroxyl groups is 1. The molecule has 0 unspecified atom stereocenters. The van der Waals surface area contributed by atoms with E-state index < -0.39 is 6.43 Å². The van der Waals surface area contributed by atoms with Crippen LogP contribution in [0.2, 0.25) is 0 Å². The lowest BCUT2D eigenvalue weighted by Crippen LogP contribution is -2.11. The molecule has 8 rings (SSSR count). The smallest absolute Gasteiger partial charge is 0.263 e. The van der Waals surface area contributed by atoms with Gasteiger partial charge in [0.1, 0.15) is 11.6 Å². The molecule has 0 bridgehead atoms. The van der Waals surface area contributed by atoms with E-state index >= 15 is 8.78 Å². The SMILES string of the molecule is CC(C)c1cccc(C(C)C)c1-n1c(-c2cc3ccccc3cc2O)nc2c(-c3cc(-c4cc(-c5ccccc5)ccn4)cc(C(C)(C)C)c3)cc(C(F)F)cc21. The molecule has 0 radical (unpaired) electrons. The summed E-state index contributed by atoms with van der Waals surface area (Å²) in [7, 11) is 0. The number of imidazole rings is 1. The van der Waals surface area contributed by atoms with Gasteiger partial charge in [-0.05, 0) is 110 Å². The van der Waals surface area contributed by atoms with Gasteiger partial charge in [0.15, 0.2) is 0 Å². The van der Waals surface area contributed by atoms with Crippen LogP contribution in [0.3, 0.4) is 0 Å². The molecule has 8 aromatic rings. The van der Waals surface area contributed by atoms with E-state index in [2.05, 4.69) is 97.0 Å². The van der Waals surface area contributed by atoms with Crippen LogP contribution in [-0.2, 0) is 5.41 Å². The van der Waals surface area contributed by atoms with Gasteiger partial charge in [-0.3, -0.25) is 9.55 Å². The zero-order chi connectivity index (χ0) is 40.2. The quantitative estimate of drug-likeness (QED) is 0.168. The molecule has 6 heteroatoms. The summed E-state index contributed by atoms with van der Waals surface area (Å²) in [5.74, 6) is 0.769. The Labute approximate surface area is 333 Å². The van der Waals surface area contributed by atoms with Gasteiger partial charge in [-0.15, -0.1) is 0 Å². The third-order valence-electron chi connectivity index (χ3n) is 11.0. The summed E-state index contributed by atoms with van der Waals surface area (Å²) in [5, 5.41) is 13.6. The number of para-hydroxylation sites is 1. The molecule has 4 nitrogen and oxygen atoms in total. The molecule has 2 aromatic heterocycles. The number of phenolic OH excluding ortho intramolecular Hbond substituents is 1. The van der Waals surface area contributed by atoms with Crippen LogP contribution >= 0.6 is 0 Å². The van der Waals surface area contributed by atoms with Crippen molar-refractivity contribution in [1.82, 2.24) is 14.5 Å². The van der Waals surface area contributed by atoms with E-state index in [1.54, 1.807) is 18.2 Å². The molecule has 0 spiro atoms. The minimum atomic E-state index is -2.74. The number of hydrogen-bond donors (Lipinski definition) is 1. The van der Waals surface area contributed by atoms with Crippen LogP contribution in [0.25, 0.3) is 72.4 Å². The van der Waals surface area contributed by atoms with Crippen molar-refractivity contribution in [2.75, 3.05) is 0 Å². The van der Waals surface area contributed by atoms with Crippen molar-refractivity contribution >= 4 is 21.8 Å². The molecule has 1 N–H and O–H groups in total. The molecule has 0 atom stereocenters. The molecule has 0 amide bonds. The summed E-state index contributed by atoms with van der Waals surface area (Å²) in [6, 6.07) is 41.6. The number of pyridine rings is 1. The first-order valence-corrected chi connectivity index (χ1v) is 19.7. The second-order valence-corrected chi connectivity index (χ2v) is 16.7. The highest BCUT2D eigenvalue weighted by Crippen LogP contribution is 2.45. The minimum Gasteiger partial charge on any atom is -0.507 e. The van der Waals surface area contributed by atoms with Crippen LogP contribution in [0, 0.1) is 0 Å². The van der Waals surface area contributed by atoms with Crippen molar-refractivity contribution < 1.29 is 13.9 Å². The first-order valence-electron chi connectivity index (χ1n) is 19.7. The Hall–Kier alpha value is -6.14. The van der Waals surface area contributed by atoms with E-state index in [0.717, 1.165) is 61.1 Å². The Morgan fingerprint density at radius 3 is 1.91 bits per heavy atom. The largest absolute Gasteiger partial charge is 0.507 e. The number of hydrogen-bond acceptors (Lipinski definition) is 3. The van der Waals surface area contributed by atoms with Crippen molar-refractivity contribution in [3.8, 4) is 56.3 Å². The van der Waals surface area contributed by atoms with E-state index in [0.29, 0.717) is 28.0 Å². The molecule has 0 aliphatic carbocycles. The Kier molecular flexibility index (Phi) is 9.77. The highest BCUT2D eigenvalue weighted by molar-refractivity contribution is 5.99. The van der Waals surface area contributed by atoms with Gasteiger partial charge >= 0.3 is 0 Å². The standard InChI is InChI=1S/C51H47F2N3O/c1-30(2)40-18-13-19-41(31(3)4)48(40)56-45-28-38(49(52)53)26-42(47(45)55-50(56)43-25-33-16-11-12-17-34(33)29-46(43)57)36-22-37(24-39(23-36)51(5,6)7)44-27-35(20-21-54-44)32-14-9-8-10-15-32/h8-31,49,57H,1-7H3. The molecular weight excluding hydrogens is 709 g/mol. The Bertz CT molecular complexity index is 2750. The third-order valence-corrected chi connectivity index (χ3v) is 11.0. The van der Waals surface area contributed by atoms with Gasteiger partial charge in [0, 0.05) is 22.9 Å². The van der Waals surface area contributed by atoms with Gasteiger partial charge in [0.2, 0.25) is 0 Å². The van der Waals surface area contributed by atoms with Gasteiger partial charge in [-0.1, -0.05) is 127 Å². The number of rotatable bonds is 8. The molecule has 6 aromatic carbocycles. The molecule has 0 fully saturated rings. The molecular formula is C51H47F2N3O. The zero-order valence-electron chi connectivity index (χ0n) is 33.5. The summed E-state index contributed by atoms with van der Waals surface area (Å²) in [4.78, 5) is 10.2. The molecule has 0 saturated carbocycles. The molecule has 0 aliphatic heterocycles. The number of nitrogens with zero attached hydrogens (tertiary/aromatic N) is 3. The van der Waals surface area contributed by atoms with Gasteiger partial charge in [0.25, 0.3) is 6.43 Å². The molecule has 286 valence electrons. The summed E-state index contributed by atoms with van der Waals surface area (Å²) in [6.45, 7) is 15.0. The van der Waals surface area contributed by atoms with Crippen molar-refractivity contribution in [1.29, 1.82) is 0 Å². The Morgan fingerprint density at radius 1 is 0.614 bits per heavy atom. The van der Waals surface area contributed by atoms with Crippen molar-refractivity contribution in [2.24, 2.45) is 0 Å². The Balaban J connectivity index is 1.48. The van der Waals surface area contributed by atoms with Crippen LogP contribution < -0.4 is 0 Å². The summed E-state index contributed by atoms with van der Waals surface area (Å²) < 4.78 is 32.5. The number of benzene rings is 6. The molecule has 0 aliphatic rings. The lowest BCUT2D eigenvalue weighted by Gasteiger charge is -2.23. The fraction of sp³-hybridized carbons (Fsp3) is 0.216. The number of phenols is 1. The highest BCUT2D eigenvalue weighted by Gasteiger charge is 2.27.